The van der Waals surface area contributed by atoms with E-state index in [0.717, 1.165) is 15.5 Å². The third kappa shape index (κ3) is 2.51. The molecular weight excluding hydrogens is 300 g/mol. The first kappa shape index (κ1) is 14.7. The standard InChI is InChI=1S/C16H16N2O3S/c1-17(22(20,21)15-9-3-2-4-10-15)18-12-14-8-6-5-7-13(14)11-16(18)19/h2-10H,11-12H2,1H3. The van der Waals surface area contributed by atoms with E-state index in [1.807, 2.05) is 24.3 Å². The number of nitrogens with zero attached hydrogens (tertiary/aromatic N) is 2. The fourth-order valence-electron chi connectivity index (χ4n) is 2.52. The van der Waals surface area contributed by atoms with E-state index >= 15 is 0 Å². The molecule has 5 nitrogen and oxygen atoms in total. The normalized spacial score (nSPS) is 15.0. The first-order valence-corrected chi connectivity index (χ1v) is 8.35. The molecule has 2 aromatic carbocycles. The minimum Gasteiger partial charge on any atom is -0.273 e. The molecule has 0 spiro atoms. The summed E-state index contributed by atoms with van der Waals surface area (Å²) in [7, 11) is -2.32. The maximum Gasteiger partial charge on any atom is 0.259 e. The third-order valence-electron chi connectivity index (χ3n) is 3.80. The average molecular weight is 316 g/mol. The SMILES string of the molecule is CN(N1Cc2ccccc2CC1=O)S(=O)(=O)c1ccccc1. The zero-order valence-electron chi connectivity index (χ0n) is 12.1. The monoisotopic (exact) mass is 316 g/mol. The predicted octanol–water partition coefficient (Wildman–Crippen LogP) is 1.81. The Kier molecular flexibility index (Phi) is 3.72. The smallest absolute Gasteiger partial charge is 0.259 e. The molecule has 6 heteroatoms. The summed E-state index contributed by atoms with van der Waals surface area (Å²) >= 11 is 0. The minimum absolute atomic E-state index is 0.171. The summed E-state index contributed by atoms with van der Waals surface area (Å²) < 4.78 is 26.3. The largest absolute Gasteiger partial charge is 0.273 e. The minimum atomic E-state index is -3.74. The second-order valence-electron chi connectivity index (χ2n) is 5.15. The lowest BCUT2D eigenvalue weighted by molar-refractivity contribution is -0.141. The van der Waals surface area contributed by atoms with Gasteiger partial charge in [-0.05, 0) is 23.3 Å². The number of hydrogen-bond acceptors (Lipinski definition) is 3. The second kappa shape index (κ2) is 5.55. The Bertz CT molecular complexity index is 803. The lowest BCUT2D eigenvalue weighted by atomic mass is 10.0. The number of rotatable bonds is 3. The van der Waals surface area contributed by atoms with Crippen LogP contribution in [-0.2, 0) is 27.8 Å². The molecule has 0 fully saturated rings. The van der Waals surface area contributed by atoms with Crippen LogP contribution in [0.2, 0.25) is 0 Å². The number of carbonyl (C=O) groups is 1. The highest BCUT2D eigenvalue weighted by Crippen LogP contribution is 2.24. The molecule has 1 amide bonds. The Morgan fingerprint density at radius 1 is 0.955 bits per heavy atom. The number of sulfonamides is 1. The Labute approximate surface area is 129 Å². The molecule has 0 N–H and O–H groups in total. The van der Waals surface area contributed by atoms with Gasteiger partial charge in [0.2, 0.25) is 5.91 Å². The van der Waals surface area contributed by atoms with Crippen molar-refractivity contribution in [3.63, 3.8) is 0 Å². The van der Waals surface area contributed by atoms with Gasteiger partial charge in [0.15, 0.2) is 0 Å². The summed E-state index contributed by atoms with van der Waals surface area (Å²) in [6.07, 6.45) is 0.213. The number of hydrogen-bond donors (Lipinski definition) is 0. The van der Waals surface area contributed by atoms with Crippen LogP contribution in [0, 0.1) is 0 Å². The maximum absolute atomic E-state index is 12.6. The van der Waals surface area contributed by atoms with Gasteiger partial charge in [-0.3, -0.25) is 9.80 Å². The first-order chi connectivity index (χ1) is 10.5. The van der Waals surface area contributed by atoms with Gasteiger partial charge < -0.3 is 0 Å². The molecular formula is C16H16N2O3S. The average Bonchev–Trinajstić information content (AvgIpc) is 2.54. The van der Waals surface area contributed by atoms with E-state index < -0.39 is 10.0 Å². The molecule has 0 aliphatic carbocycles. The summed E-state index contributed by atoms with van der Waals surface area (Å²) in [5, 5.41) is 1.28. The first-order valence-electron chi connectivity index (χ1n) is 6.91. The van der Waals surface area contributed by atoms with Crippen molar-refractivity contribution >= 4 is 15.9 Å². The molecule has 1 heterocycles. The van der Waals surface area contributed by atoms with Crippen molar-refractivity contribution in [3.8, 4) is 0 Å². The van der Waals surface area contributed by atoms with E-state index in [2.05, 4.69) is 0 Å². The van der Waals surface area contributed by atoms with Crippen LogP contribution in [0.1, 0.15) is 11.1 Å². The van der Waals surface area contributed by atoms with Crippen LogP contribution < -0.4 is 0 Å². The van der Waals surface area contributed by atoms with E-state index in [4.69, 9.17) is 0 Å². The Morgan fingerprint density at radius 3 is 2.23 bits per heavy atom. The highest BCUT2D eigenvalue weighted by molar-refractivity contribution is 7.89. The van der Waals surface area contributed by atoms with Crippen molar-refractivity contribution in [1.29, 1.82) is 0 Å². The molecule has 0 saturated carbocycles. The molecule has 2 aromatic rings. The molecule has 0 aromatic heterocycles. The fraction of sp³-hybridized carbons (Fsp3) is 0.188. The van der Waals surface area contributed by atoms with E-state index in [1.54, 1.807) is 18.2 Å². The number of hydrazine groups is 1. The number of fused-ring (bicyclic) bond motifs is 1. The van der Waals surface area contributed by atoms with Crippen molar-refractivity contribution < 1.29 is 13.2 Å². The zero-order chi connectivity index (χ0) is 15.7. The van der Waals surface area contributed by atoms with Crippen molar-refractivity contribution in [2.24, 2.45) is 0 Å². The second-order valence-corrected chi connectivity index (χ2v) is 7.10. The number of benzene rings is 2. The van der Waals surface area contributed by atoms with Gasteiger partial charge >= 0.3 is 0 Å². The molecule has 0 radical (unpaired) electrons. The third-order valence-corrected chi connectivity index (χ3v) is 5.56. The summed E-state index contributed by atoms with van der Waals surface area (Å²) in [6, 6.07) is 15.7. The van der Waals surface area contributed by atoms with E-state index in [-0.39, 0.29) is 23.8 Å². The van der Waals surface area contributed by atoms with Crippen LogP contribution in [-0.4, -0.2) is 30.8 Å². The van der Waals surface area contributed by atoms with Crippen molar-refractivity contribution in [1.82, 2.24) is 9.42 Å². The number of amides is 1. The molecule has 0 saturated heterocycles. The highest BCUT2D eigenvalue weighted by atomic mass is 32.2. The van der Waals surface area contributed by atoms with Gasteiger partial charge in [-0.1, -0.05) is 42.5 Å². The van der Waals surface area contributed by atoms with E-state index in [1.165, 1.54) is 24.2 Å². The van der Waals surface area contributed by atoms with Gasteiger partial charge in [0, 0.05) is 7.05 Å². The van der Waals surface area contributed by atoms with Crippen LogP contribution in [0.25, 0.3) is 0 Å². The summed E-state index contributed by atoms with van der Waals surface area (Å²) in [4.78, 5) is 12.5. The van der Waals surface area contributed by atoms with Crippen LogP contribution >= 0.6 is 0 Å². The molecule has 114 valence electrons. The molecule has 0 bridgehead atoms. The van der Waals surface area contributed by atoms with Gasteiger partial charge in [0.05, 0.1) is 17.9 Å². The highest BCUT2D eigenvalue weighted by Gasteiger charge is 2.32. The predicted molar refractivity (Wildman–Crippen MR) is 82.1 cm³/mol. The van der Waals surface area contributed by atoms with Gasteiger partial charge in [-0.15, -0.1) is 4.41 Å². The van der Waals surface area contributed by atoms with Gasteiger partial charge in [0.25, 0.3) is 10.0 Å². The lowest BCUT2D eigenvalue weighted by Crippen LogP contribution is -2.49. The summed E-state index contributed by atoms with van der Waals surface area (Å²) in [5.74, 6) is -0.222. The Balaban J connectivity index is 1.93. The van der Waals surface area contributed by atoms with Gasteiger partial charge in [-0.25, -0.2) is 8.42 Å². The van der Waals surface area contributed by atoms with Crippen molar-refractivity contribution in [2.45, 2.75) is 17.9 Å². The number of carbonyl (C=O) groups excluding carboxylic acids is 1. The summed E-state index contributed by atoms with van der Waals surface area (Å²) in [5.41, 5.74) is 1.92. The van der Waals surface area contributed by atoms with Gasteiger partial charge in [0.1, 0.15) is 0 Å². The van der Waals surface area contributed by atoms with Crippen molar-refractivity contribution in [3.05, 3.63) is 65.7 Å². The van der Waals surface area contributed by atoms with Gasteiger partial charge in [-0.2, -0.15) is 0 Å². The lowest BCUT2D eigenvalue weighted by Gasteiger charge is -2.34. The zero-order valence-corrected chi connectivity index (χ0v) is 13.0. The van der Waals surface area contributed by atoms with Crippen molar-refractivity contribution in [2.75, 3.05) is 7.05 Å². The molecule has 0 atom stereocenters. The summed E-state index contributed by atoms with van der Waals surface area (Å²) in [6.45, 7) is 0.261. The molecule has 3 rings (SSSR count). The maximum atomic E-state index is 12.6. The van der Waals surface area contributed by atoms with E-state index in [9.17, 15) is 13.2 Å². The quantitative estimate of drug-likeness (QED) is 0.868. The van der Waals surface area contributed by atoms with E-state index in [0.29, 0.717) is 0 Å². The van der Waals surface area contributed by atoms with Crippen LogP contribution in [0.15, 0.2) is 59.5 Å². The molecule has 1 aliphatic heterocycles. The van der Waals surface area contributed by atoms with Crippen LogP contribution in [0.5, 0.6) is 0 Å². The molecule has 0 unspecified atom stereocenters. The van der Waals surface area contributed by atoms with Crippen LogP contribution in [0.4, 0.5) is 0 Å². The molecule has 1 aliphatic rings. The Hall–Kier alpha value is -2.18. The van der Waals surface area contributed by atoms with Crippen LogP contribution in [0.3, 0.4) is 0 Å². The molecule has 22 heavy (non-hydrogen) atoms. The Morgan fingerprint density at radius 2 is 1.55 bits per heavy atom. The topological polar surface area (TPSA) is 57.7 Å². The fourth-order valence-corrected chi connectivity index (χ4v) is 3.73.